The maximum absolute atomic E-state index is 12.9. The third-order valence-corrected chi connectivity index (χ3v) is 5.55. The molecule has 2 fully saturated rings. The summed E-state index contributed by atoms with van der Waals surface area (Å²) in [5.41, 5.74) is 2.34. The van der Waals surface area contributed by atoms with Crippen LogP contribution in [0.25, 0.3) is 11.4 Å². The predicted molar refractivity (Wildman–Crippen MR) is 117 cm³/mol. The number of carbonyl (C=O) groups is 2. The second kappa shape index (κ2) is 8.03. The highest BCUT2D eigenvalue weighted by Gasteiger charge is 2.33. The van der Waals surface area contributed by atoms with Crippen LogP contribution in [0.2, 0.25) is 0 Å². The molecule has 0 unspecified atom stereocenters. The summed E-state index contributed by atoms with van der Waals surface area (Å²) in [4.78, 5) is 30.8. The minimum absolute atomic E-state index is 0.0290. The average molecular weight is 433 g/mol. The Morgan fingerprint density at radius 2 is 1.91 bits per heavy atom. The van der Waals surface area contributed by atoms with Gasteiger partial charge in [-0.1, -0.05) is 6.07 Å². The number of pyridine rings is 1. The normalized spacial score (nSPS) is 15.3. The molecule has 2 aliphatic carbocycles. The van der Waals surface area contributed by atoms with Crippen molar-refractivity contribution >= 4 is 28.9 Å². The van der Waals surface area contributed by atoms with Crippen LogP contribution in [0.3, 0.4) is 0 Å². The van der Waals surface area contributed by atoms with Crippen LogP contribution in [0.4, 0.5) is 17.2 Å². The summed E-state index contributed by atoms with van der Waals surface area (Å²) in [6.45, 7) is 0. The van der Waals surface area contributed by atoms with Crippen molar-refractivity contribution in [3.05, 3.63) is 36.0 Å². The number of methoxy groups -OCH3 is 1. The summed E-state index contributed by atoms with van der Waals surface area (Å²) in [6, 6.07) is 7.22. The molecule has 10 nitrogen and oxygen atoms in total. The number of para-hydroxylation sites is 1. The van der Waals surface area contributed by atoms with Gasteiger partial charge < -0.3 is 15.4 Å². The SMILES string of the molecule is COc1c(Nc2cc(NC(=O)C3CC3)ncc2C(=O)C2CC2)cccc1-c1nnn(C)n1. The smallest absolute Gasteiger partial charge is 0.228 e. The number of nitrogens with one attached hydrogen (secondary N) is 2. The maximum Gasteiger partial charge on any atom is 0.228 e. The van der Waals surface area contributed by atoms with Gasteiger partial charge in [0.25, 0.3) is 0 Å². The van der Waals surface area contributed by atoms with Gasteiger partial charge in [-0.15, -0.1) is 10.2 Å². The topological polar surface area (TPSA) is 124 Å². The quantitative estimate of drug-likeness (QED) is 0.520. The molecule has 2 N–H and O–H groups in total. The van der Waals surface area contributed by atoms with E-state index in [0.29, 0.717) is 39.9 Å². The number of hydrogen-bond acceptors (Lipinski definition) is 8. The Hall–Kier alpha value is -3.82. The van der Waals surface area contributed by atoms with Crippen LogP contribution in [-0.2, 0) is 11.8 Å². The van der Waals surface area contributed by atoms with Crippen LogP contribution in [0.15, 0.2) is 30.5 Å². The van der Waals surface area contributed by atoms with Crippen LogP contribution < -0.4 is 15.4 Å². The van der Waals surface area contributed by atoms with Crippen LogP contribution in [0.5, 0.6) is 5.75 Å². The Bertz CT molecular complexity index is 1200. The number of rotatable bonds is 8. The van der Waals surface area contributed by atoms with Gasteiger partial charge in [0.05, 0.1) is 36.7 Å². The molecule has 0 bridgehead atoms. The molecule has 2 saturated carbocycles. The fourth-order valence-electron chi connectivity index (χ4n) is 3.53. The molecule has 0 spiro atoms. The second-order valence-corrected chi connectivity index (χ2v) is 8.13. The molecular weight excluding hydrogens is 410 g/mol. The Morgan fingerprint density at radius 3 is 2.56 bits per heavy atom. The standard InChI is InChI=1S/C22H23N7O3/c1-29-27-21(26-28-29)14-4-3-5-16(20(14)32-2)24-17-10-18(25-22(31)13-8-9-13)23-11-15(17)19(30)12-6-7-12/h3-5,10-13H,6-9H2,1-2H3,(H2,23,24,25,31). The fourth-order valence-corrected chi connectivity index (χ4v) is 3.53. The van der Waals surface area contributed by atoms with Gasteiger partial charge in [-0.3, -0.25) is 9.59 Å². The molecule has 1 aromatic carbocycles. The first-order chi connectivity index (χ1) is 15.5. The number of Topliss-reactive ketones (excluding diaryl/α,β-unsaturated/α-hetero) is 1. The molecule has 2 aromatic heterocycles. The summed E-state index contributed by atoms with van der Waals surface area (Å²) >= 11 is 0. The Balaban J connectivity index is 1.51. The van der Waals surface area contributed by atoms with E-state index >= 15 is 0 Å². The first-order valence-corrected chi connectivity index (χ1v) is 10.6. The Labute approximate surface area is 184 Å². The molecule has 0 saturated heterocycles. The Kier molecular flexibility index (Phi) is 5.04. The summed E-state index contributed by atoms with van der Waals surface area (Å²) in [5, 5.41) is 18.4. The summed E-state index contributed by atoms with van der Waals surface area (Å²) in [5.74, 6) is 1.44. The second-order valence-electron chi connectivity index (χ2n) is 8.13. The van der Waals surface area contributed by atoms with E-state index in [1.165, 1.54) is 11.0 Å². The van der Waals surface area contributed by atoms with E-state index in [2.05, 4.69) is 31.0 Å². The molecule has 164 valence electrons. The summed E-state index contributed by atoms with van der Waals surface area (Å²) in [7, 11) is 3.25. The van der Waals surface area contributed by atoms with E-state index in [-0.39, 0.29) is 23.5 Å². The summed E-state index contributed by atoms with van der Waals surface area (Å²) < 4.78 is 5.66. The number of carbonyl (C=O) groups excluding carboxylic acids is 2. The lowest BCUT2D eigenvalue weighted by molar-refractivity contribution is -0.117. The van der Waals surface area contributed by atoms with Gasteiger partial charge in [-0.05, 0) is 43.0 Å². The van der Waals surface area contributed by atoms with Crippen molar-refractivity contribution < 1.29 is 14.3 Å². The van der Waals surface area contributed by atoms with Gasteiger partial charge in [0, 0.05) is 24.1 Å². The highest BCUT2D eigenvalue weighted by molar-refractivity contribution is 6.05. The molecule has 0 radical (unpaired) electrons. The van der Waals surface area contributed by atoms with Gasteiger partial charge >= 0.3 is 0 Å². The van der Waals surface area contributed by atoms with Crippen LogP contribution in [-0.4, -0.2) is 44.0 Å². The molecule has 1 amide bonds. The number of aromatic nitrogens is 5. The molecule has 0 atom stereocenters. The van der Waals surface area contributed by atoms with Crippen LogP contribution in [0.1, 0.15) is 36.0 Å². The van der Waals surface area contributed by atoms with Crippen molar-refractivity contribution in [3.63, 3.8) is 0 Å². The molecule has 32 heavy (non-hydrogen) atoms. The highest BCUT2D eigenvalue weighted by Crippen LogP contribution is 2.39. The first-order valence-electron chi connectivity index (χ1n) is 10.6. The number of aryl methyl sites for hydroxylation is 1. The third-order valence-electron chi connectivity index (χ3n) is 5.55. The van der Waals surface area contributed by atoms with Crippen LogP contribution in [0, 0.1) is 11.8 Å². The zero-order valence-electron chi connectivity index (χ0n) is 17.8. The lowest BCUT2D eigenvalue weighted by Crippen LogP contribution is -2.15. The number of benzene rings is 1. The number of amides is 1. The van der Waals surface area contributed by atoms with Gasteiger partial charge in [0.2, 0.25) is 11.7 Å². The van der Waals surface area contributed by atoms with E-state index < -0.39 is 0 Å². The lowest BCUT2D eigenvalue weighted by atomic mass is 10.1. The molecule has 2 heterocycles. The zero-order chi connectivity index (χ0) is 22.2. The van der Waals surface area contributed by atoms with E-state index in [1.54, 1.807) is 20.2 Å². The predicted octanol–water partition coefficient (Wildman–Crippen LogP) is 2.97. The minimum Gasteiger partial charge on any atom is -0.494 e. The van der Waals surface area contributed by atoms with E-state index in [9.17, 15) is 9.59 Å². The number of tetrazole rings is 1. The Morgan fingerprint density at radius 1 is 1.12 bits per heavy atom. The van der Waals surface area contributed by atoms with Crippen molar-refractivity contribution in [2.24, 2.45) is 18.9 Å². The first kappa shape index (κ1) is 20.1. The van der Waals surface area contributed by atoms with Crippen molar-refractivity contribution in [2.75, 3.05) is 17.7 Å². The molecule has 2 aliphatic rings. The molecular formula is C22H23N7O3. The van der Waals surface area contributed by atoms with E-state index in [1.807, 2.05) is 18.2 Å². The van der Waals surface area contributed by atoms with Gasteiger partial charge in [-0.25, -0.2) is 4.98 Å². The highest BCUT2D eigenvalue weighted by atomic mass is 16.5. The van der Waals surface area contributed by atoms with E-state index in [4.69, 9.17) is 4.74 Å². The lowest BCUT2D eigenvalue weighted by Gasteiger charge is -2.16. The largest absolute Gasteiger partial charge is 0.494 e. The number of ketones is 1. The molecule has 5 rings (SSSR count). The third kappa shape index (κ3) is 4.03. The van der Waals surface area contributed by atoms with Gasteiger partial charge in [0.1, 0.15) is 5.82 Å². The van der Waals surface area contributed by atoms with Crippen molar-refractivity contribution in [2.45, 2.75) is 25.7 Å². The fraction of sp³-hybridized carbons (Fsp3) is 0.364. The molecule has 10 heteroatoms. The van der Waals surface area contributed by atoms with Crippen molar-refractivity contribution in [1.29, 1.82) is 0 Å². The van der Waals surface area contributed by atoms with E-state index in [0.717, 1.165) is 25.7 Å². The van der Waals surface area contributed by atoms with Crippen molar-refractivity contribution in [3.8, 4) is 17.1 Å². The van der Waals surface area contributed by atoms with Crippen LogP contribution >= 0.6 is 0 Å². The van der Waals surface area contributed by atoms with Gasteiger partial charge in [0.15, 0.2) is 11.5 Å². The maximum atomic E-state index is 12.9. The molecule has 3 aromatic rings. The average Bonchev–Trinajstić information content (AvgIpc) is 3.71. The number of nitrogens with zero attached hydrogens (tertiary/aromatic N) is 5. The number of anilines is 3. The number of ether oxygens (including phenoxy) is 1. The molecule has 0 aliphatic heterocycles. The minimum atomic E-state index is -0.0435. The van der Waals surface area contributed by atoms with Gasteiger partial charge in [-0.2, -0.15) is 4.80 Å². The van der Waals surface area contributed by atoms with Crippen molar-refractivity contribution in [1.82, 2.24) is 25.2 Å². The summed E-state index contributed by atoms with van der Waals surface area (Å²) in [6.07, 6.45) is 5.10. The number of hydrogen-bond donors (Lipinski definition) is 2. The zero-order valence-corrected chi connectivity index (χ0v) is 17.8. The monoisotopic (exact) mass is 433 g/mol.